The number of nitrogens with zero attached hydrogens (tertiary/aromatic N) is 2. The Bertz CT molecular complexity index is 649. The van der Waals surface area contributed by atoms with E-state index in [9.17, 15) is 9.59 Å². The maximum atomic E-state index is 11.7. The summed E-state index contributed by atoms with van der Waals surface area (Å²) in [6, 6.07) is 7.11. The van der Waals surface area contributed by atoms with Crippen molar-refractivity contribution in [3.8, 4) is 0 Å². The van der Waals surface area contributed by atoms with E-state index >= 15 is 0 Å². The molecule has 1 aromatic heterocycles. The van der Waals surface area contributed by atoms with Crippen LogP contribution in [0.2, 0.25) is 0 Å². The first-order chi connectivity index (χ1) is 10.2. The van der Waals surface area contributed by atoms with Crippen LogP contribution in [0.4, 0.5) is 0 Å². The van der Waals surface area contributed by atoms with Crippen LogP contribution in [0.1, 0.15) is 33.2 Å². The summed E-state index contributed by atoms with van der Waals surface area (Å²) in [7, 11) is 1.34. The molecule has 110 valence electrons. The fraction of sp³-hybridized carbons (Fsp3) is 0.267. The molecule has 0 bridgehead atoms. The molecular formula is C15H16N2O4. The zero-order valence-electron chi connectivity index (χ0n) is 11.9. The zero-order valence-corrected chi connectivity index (χ0v) is 11.9. The van der Waals surface area contributed by atoms with Gasteiger partial charge in [0.2, 0.25) is 0 Å². The molecule has 1 heterocycles. The van der Waals surface area contributed by atoms with Gasteiger partial charge >= 0.3 is 11.9 Å². The minimum atomic E-state index is -0.412. The maximum Gasteiger partial charge on any atom is 0.341 e. The Hall–Kier alpha value is -2.63. The lowest BCUT2D eigenvalue weighted by Gasteiger charge is -2.07. The van der Waals surface area contributed by atoms with Gasteiger partial charge in [-0.3, -0.25) is 4.68 Å². The van der Waals surface area contributed by atoms with Gasteiger partial charge < -0.3 is 9.47 Å². The SMILES string of the molecule is CCOC(=O)c1cnn(Cc2ccccc2C(=O)OC)c1. The molecule has 1 aromatic carbocycles. The first-order valence-electron chi connectivity index (χ1n) is 6.51. The van der Waals surface area contributed by atoms with Crippen molar-refractivity contribution in [2.45, 2.75) is 13.5 Å². The van der Waals surface area contributed by atoms with Crippen molar-refractivity contribution >= 4 is 11.9 Å². The van der Waals surface area contributed by atoms with E-state index in [-0.39, 0.29) is 0 Å². The number of rotatable bonds is 5. The summed E-state index contributed by atoms with van der Waals surface area (Å²) in [5.41, 5.74) is 1.63. The number of hydrogen-bond acceptors (Lipinski definition) is 5. The van der Waals surface area contributed by atoms with Gasteiger partial charge in [-0.2, -0.15) is 5.10 Å². The Morgan fingerprint density at radius 2 is 2.00 bits per heavy atom. The molecule has 0 fully saturated rings. The molecular weight excluding hydrogens is 272 g/mol. The van der Waals surface area contributed by atoms with E-state index in [2.05, 4.69) is 5.10 Å². The average Bonchev–Trinajstić information content (AvgIpc) is 2.96. The van der Waals surface area contributed by atoms with Crippen LogP contribution in [0.15, 0.2) is 36.7 Å². The van der Waals surface area contributed by atoms with Crippen molar-refractivity contribution < 1.29 is 19.1 Å². The number of aromatic nitrogens is 2. The Morgan fingerprint density at radius 3 is 2.71 bits per heavy atom. The van der Waals surface area contributed by atoms with E-state index in [1.165, 1.54) is 13.3 Å². The predicted octanol–water partition coefficient (Wildman–Crippen LogP) is 1.89. The normalized spacial score (nSPS) is 10.2. The molecule has 0 amide bonds. The van der Waals surface area contributed by atoms with Crippen molar-refractivity contribution in [2.24, 2.45) is 0 Å². The smallest absolute Gasteiger partial charge is 0.341 e. The highest BCUT2D eigenvalue weighted by molar-refractivity contribution is 5.91. The van der Waals surface area contributed by atoms with Crippen LogP contribution in [0.5, 0.6) is 0 Å². The molecule has 0 aliphatic carbocycles. The maximum absolute atomic E-state index is 11.7. The van der Waals surface area contributed by atoms with Crippen LogP contribution in [0.25, 0.3) is 0 Å². The highest BCUT2D eigenvalue weighted by atomic mass is 16.5. The summed E-state index contributed by atoms with van der Waals surface area (Å²) in [4.78, 5) is 23.3. The van der Waals surface area contributed by atoms with Crippen LogP contribution in [-0.4, -0.2) is 35.4 Å². The van der Waals surface area contributed by atoms with Gasteiger partial charge in [0, 0.05) is 6.20 Å². The molecule has 0 saturated carbocycles. The van der Waals surface area contributed by atoms with Crippen LogP contribution in [-0.2, 0) is 16.0 Å². The number of benzene rings is 1. The van der Waals surface area contributed by atoms with Gasteiger partial charge in [-0.15, -0.1) is 0 Å². The van der Waals surface area contributed by atoms with Crippen molar-refractivity contribution in [1.82, 2.24) is 9.78 Å². The summed E-state index contributed by atoms with van der Waals surface area (Å²) in [5.74, 6) is -0.812. The van der Waals surface area contributed by atoms with Crippen molar-refractivity contribution in [3.05, 3.63) is 53.3 Å². The third kappa shape index (κ3) is 3.47. The van der Waals surface area contributed by atoms with Crippen LogP contribution < -0.4 is 0 Å². The van der Waals surface area contributed by atoms with E-state index < -0.39 is 11.9 Å². The monoisotopic (exact) mass is 288 g/mol. The summed E-state index contributed by atoms with van der Waals surface area (Å²) < 4.78 is 11.2. The number of carbonyl (C=O) groups is 2. The lowest BCUT2D eigenvalue weighted by atomic mass is 10.1. The molecule has 2 aromatic rings. The Kier molecular flexibility index (Phi) is 4.71. The third-order valence-corrected chi connectivity index (χ3v) is 2.90. The number of hydrogen-bond donors (Lipinski definition) is 0. The molecule has 0 unspecified atom stereocenters. The lowest BCUT2D eigenvalue weighted by Crippen LogP contribution is -2.09. The molecule has 6 heteroatoms. The highest BCUT2D eigenvalue weighted by Crippen LogP contribution is 2.12. The van der Waals surface area contributed by atoms with Gasteiger partial charge in [0.25, 0.3) is 0 Å². The summed E-state index contributed by atoms with van der Waals surface area (Å²) in [6.45, 7) is 2.43. The highest BCUT2D eigenvalue weighted by Gasteiger charge is 2.13. The van der Waals surface area contributed by atoms with Crippen LogP contribution in [0, 0.1) is 0 Å². The Labute approximate surface area is 122 Å². The minimum Gasteiger partial charge on any atom is -0.465 e. The number of esters is 2. The minimum absolute atomic E-state index is 0.315. The average molecular weight is 288 g/mol. The molecule has 0 spiro atoms. The molecule has 0 atom stereocenters. The molecule has 0 radical (unpaired) electrons. The summed E-state index contributed by atoms with van der Waals surface area (Å²) in [5, 5.41) is 4.10. The first kappa shape index (κ1) is 14.8. The van der Waals surface area contributed by atoms with Gasteiger partial charge in [0.1, 0.15) is 0 Å². The molecule has 6 nitrogen and oxygen atoms in total. The van der Waals surface area contributed by atoms with Crippen LogP contribution >= 0.6 is 0 Å². The van der Waals surface area contributed by atoms with Crippen molar-refractivity contribution in [2.75, 3.05) is 13.7 Å². The van der Waals surface area contributed by atoms with E-state index in [1.54, 1.807) is 29.9 Å². The van der Waals surface area contributed by atoms with E-state index in [1.807, 2.05) is 12.1 Å². The van der Waals surface area contributed by atoms with Gasteiger partial charge in [-0.05, 0) is 18.6 Å². The lowest BCUT2D eigenvalue weighted by molar-refractivity contribution is 0.0525. The second-order valence-corrected chi connectivity index (χ2v) is 4.30. The molecule has 0 aliphatic rings. The Balaban J connectivity index is 2.19. The van der Waals surface area contributed by atoms with E-state index in [0.29, 0.717) is 24.3 Å². The molecule has 2 rings (SSSR count). The second-order valence-electron chi connectivity index (χ2n) is 4.30. The Morgan fingerprint density at radius 1 is 1.24 bits per heavy atom. The van der Waals surface area contributed by atoms with E-state index in [0.717, 1.165) is 5.56 Å². The van der Waals surface area contributed by atoms with Gasteiger partial charge in [0.15, 0.2) is 0 Å². The fourth-order valence-corrected chi connectivity index (χ4v) is 1.91. The number of carbonyl (C=O) groups excluding carboxylic acids is 2. The summed E-state index contributed by atoms with van der Waals surface area (Å²) >= 11 is 0. The standard InChI is InChI=1S/C15H16N2O4/c1-3-21-14(18)12-8-16-17(10-12)9-11-6-4-5-7-13(11)15(19)20-2/h4-8,10H,3,9H2,1-2H3. The van der Waals surface area contributed by atoms with Crippen LogP contribution in [0.3, 0.4) is 0 Å². The third-order valence-electron chi connectivity index (χ3n) is 2.90. The number of ether oxygens (including phenoxy) is 2. The van der Waals surface area contributed by atoms with Crippen molar-refractivity contribution in [3.63, 3.8) is 0 Å². The quantitative estimate of drug-likeness (QED) is 0.786. The second kappa shape index (κ2) is 6.69. The zero-order chi connectivity index (χ0) is 15.2. The summed E-state index contributed by atoms with van der Waals surface area (Å²) in [6.07, 6.45) is 3.03. The largest absolute Gasteiger partial charge is 0.465 e. The molecule has 0 saturated heterocycles. The predicted molar refractivity (Wildman–Crippen MR) is 75.1 cm³/mol. The molecule has 21 heavy (non-hydrogen) atoms. The van der Waals surface area contributed by atoms with Gasteiger partial charge in [0.05, 0.1) is 37.6 Å². The topological polar surface area (TPSA) is 70.4 Å². The molecule has 0 N–H and O–H groups in total. The first-order valence-corrected chi connectivity index (χ1v) is 6.51. The van der Waals surface area contributed by atoms with Crippen molar-refractivity contribution in [1.29, 1.82) is 0 Å². The fourth-order valence-electron chi connectivity index (χ4n) is 1.91. The van der Waals surface area contributed by atoms with Gasteiger partial charge in [-0.25, -0.2) is 9.59 Å². The van der Waals surface area contributed by atoms with E-state index in [4.69, 9.17) is 9.47 Å². The molecule has 0 aliphatic heterocycles. The number of methoxy groups -OCH3 is 1. The van der Waals surface area contributed by atoms with Gasteiger partial charge in [-0.1, -0.05) is 18.2 Å².